The van der Waals surface area contributed by atoms with Crippen molar-refractivity contribution in [1.82, 2.24) is 15.5 Å². The summed E-state index contributed by atoms with van der Waals surface area (Å²) in [6.45, 7) is 1.78. The molecule has 2 aliphatic heterocycles. The molecule has 0 aliphatic carbocycles. The van der Waals surface area contributed by atoms with Crippen molar-refractivity contribution >= 4 is 29.4 Å². The standard InChI is InChI=1S/C27H29F3N4O6/c1-15(32-23(36)17-9-10-19(31)18(12-17)27(28,29)30)25(38)34-11-5-8-21(34)24(37)33-20-13-22(35)40-26(20)39-14-16-6-3-2-4-7-16/h2-4,6-7,9-10,12,15,20-21,26H,5,8,11,13-14,31H2,1H3,(H,32,36)(H,33,37)/t15-,20?,21-,26?/m0/s1. The lowest BCUT2D eigenvalue weighted by Crippen LogP contribution is -2.54. The number of hydrogen-bond acceptors (Lipinski definition) is 7. The highest BCUT2D eigenvalue weighted by molar-refractivity contribution is 5.99. The number of likely N-dealkylation sites (tertiary alicyclic amines) is 1. The Balaban J connectivity index is 1.36. The number of halogens is 3. The molecule has 214 valence electrons. The Morgan fingerprint density at radius 1 is 1.18 bits per heavy atom. The molecule has 4 N–H and O–H groups in total. The first-order valence-corrected chi connectivity index (χ1v) is 12.7. The Hall–Kier alpha value is -4.13. The first kappa shape index (κ1) is 28.9. The highest BCUT2D eigenvalue weighted by atomic mass is 19.4. The van der Waals surface area contributed by atoms with Gasteiger partial charge in [0.1, 0.15) is 18.1 Å². The van der Waals surface area contributed by atoms with Crippen molar-refractivity contribution in [3.63, 3.8) is 0 Å². The van der Waals surface area contributed by atoms with Crippen LogP contribution in [-0.4, -0.2) is 59.6 Å². The lowest BCUT2D eigenvalue weighted by Gasteiger charge is -2.28. The van der Waals surface area contributed by atoms with Gasteiger partial charge in [-0.05, 0) is 43.5 Å². The minimum Gasteiger partial charge on any atom is -0.433 e. The number of carbonyl (C=O) groups excluding carboxylic acids is 4. The second kappa shape index (κ2) is 11.9. The lowest BCUT2D eigenvalue weighted by atomic mass is 10.1. The van der Waals surface area contributed by atoms with E-state index < -0.39 is 65.5 Å². The SMILES string of the molecule is C[C@H](NC(=O)c1ccc(N)c(C(F)(F)F)c1)C(=O)N1CCC[C@H]1C(=O)NC1CC(=O)OC1OCc1ccccc1. The van der Waals surface area contributed by atoms with Crippen LogP contribution in [0.25, 0.3) is 0 Å². The van der Waals surface area contributed by atoms with Gasteiger partial charge in [0.05, 0.1) is 18.6 Å². The number of alkyl halides is 3. The van der Waals surface area contributed by atoms with Crippen LogP contribution >= 0.6 is 0 Å². The van der Waals surface area contributed by atoms with E-state index in [4.69, 9.17) is 15.2 Å². The van der Waals surface area contributed by atoms with E-state index in [2.05, 4.69) is 10.6 Å². The van der Waals surface area contributed by atoms with Gasteiger partial charge >= 0.3 is 12.1 Å². The van der Waals surface area contributed by atoms with Crippen molar-refractivity contribution in [2.75, 3.05) is 12.3 Å². The van der Waals surface area contributed by atoms with Gasteiger partial charge in [-0.3, -0.25) is 19.2 Å². The minimum atomic E-state index is -4.75. The van der Waals surface area contributed by atoms with Crippen molar-refractivity contribution in [1.29, 1.82) is 0 Å². The first-order valence-electron chi connectivity index (χ1n) is 12.7. The van der Waals surface area contributed by atoms with E-state index in [9.17, 15) is 32.3 Å². The predicted octanol–water partition coefficient (Wildman–Crippen LogP) is 2.37. The van der Waals surface area contributed by atoms with Crippen molar-refractivity contribution in [2.24, 2.45) is 0 Å². The Labute approximate surface area is 228 Å². The average molecular weight is 563 g/mol. The molecule has 0 aromatic heterocycles. The molecule has 2 saturated heterocycles. The third-order valence-corrected chi connectivity index (χ3v) is 6.72. The van der Waals surface area contributed by atoms with Crippen LogP contribution in [0.15, 0.2) is 48.5 Å². The fourth-order valence-electron chi connectivity index (χ4n) is 4.67. The molecule has 10 nitrogen and oxygen atoms in total. The van der Waals surface area contributed by atoms with Crippen molar-refractivity contribution in [3.8, 4) is 0 Å². The average Bonchev–Trinajstić information content (AvgIpc) is 3.53. The summed E-state index contributed by atoms with van der Waals surface area (Å²) in [5.41, 5.74) is 4.24. The largest absolute Gasteiger partial charge is 0.433 e. The number of nitrogens with one attached hydrogen (secondary N) is 2. The molecule has 2 heterocycles. The van der Waals surface area contributed by atoms with Gasteiger partial charge in [-0.1, -0.05) is 30.3 Å². The maximum Gasteiger partial charge on any atom is 0.418 e. The van der Waals surface area contributed by atoms with Gasteiger partial charge in [0.15, 0.2) is 0 Å². The number of nitrogen functional groups attached to an aromatic ring is 1. The number of benzene rings is 2. The third kappa shape index (κ3) is 6.71. The van der Waals surface area contributed by atoms with E-state index in [0.717, 1.165) is 17.7 Å². The molecule has 0 radical (unpaired) electrons. The number of ether oxygens (including phenoxy) is 2. The van der Waals surface area contributed by atoms with Crippen LogP contribution in [0, 0.1) is 0 Å². The van der Waals surface area contributed by atoms with Gasteiger partial charge in [0.2, 0.25) is 18.1 Å². The van der Waals surface area contributed by atoms with Crippen LogP contribution in [-0.2, 0) is 36.6 Å². The predicted molar refractivity (Wildman–Crippen MR) is 135 cm³/mol. The summed E-state index contributed by atoms with van der Waals surface area (Å²) in [6.07, 6.45) is -4.98. The number of anilines is 1. The fraction of sp³-hybridized carbons (Fsp3) is 0.407. The van der Waals surface area contributed by atoms with Crippen LogP contribution in [0.1, 0.15) is 47.7 Å². The van der Waals surface area contributed by atoms with Gasteiger partial charge in [0.25, 0.3) is 5.91 Å². The first-order chi connectivity index (χ1) is 18.9. The summed E-state index contributed by atoms with van der Waals surface area (Å²) < 4.78 is 50.4. The highest BCUT2D eigenvalue weighted by Crippen LogP contribution is 2.34. The second-order valence-corrected chi connectivity index (χ2v) is 9.66. The monoisotopic (exact) mass is 562 g/mol. The molecule has 4 rings (SSSR count). The minimum absolute atomic E-state index is 0.0974. The Morgan fingerprint density at radius 2 is 1.90 bits per heavy atom. The maximum atomic E-state index is 13.2. The van der Waals surface area contributed by atoms with Gasteiger partial charge in [-0.25, -0.2) is 0 Å². The number of rotatable bonds is 8. The smallest absolute Gasteiger partial charge is 0.418 e. The maximum absolute atomic E-state index is 13.2. The molecule has 13 heteroatoms. The molecular formula is C27H29F3N4O6. The van der Waals surface area contributed by atoms with Crippen LogP contribution in [0.4, 0.5) is 18.9 Å². The fourth-order valence-corrected chi connectivity index (χ4v) is 4.67. The quantitative estimate of drug-likeness (QED) is 0.332. The van der Waals surface area contributed by atoms with Crippen LogP contribution in [0.3, 0.4) is 0 Å². The van der Waals surface area contributed by atoms with E-state index in [1.807, 2.05) is 30.3 Å². The van der Waals surface area contributed by atoms with Gasteiger partial charge in [-0.15, -0.1) is 0 Å². The molecule has 0 saturated carbocycles. The molecular weight excluding hydrogens is 533 g/mol. The van der Waals surface area contributed by atoms with E-state index in [0.29, 0.717) is 18.9 Å². The topological polar surface area (TPSA) is 140 Å². The van der Waals surface area contributed by atoms with Crippen LogP contribution in [0.2, 0.25) is 0 Å². The Bertz CT molecular complexity index is 1270. The third-order valence-electron chi connectivity index (χ3n) is 6.72. The molecule has 0 bridgehead atoms. The van der Waals surface area contributed by atoms with Gasteiger partial charge in [0, 0.05) is 17.8 Å². The van der Waals surface area contributed by atoms with E-state index in [-0.39, 0.29) is 25.1 Å². The number of esters is 1. The molecule has 2 aromatic rings. The summed E-state index contributed by atoms with van der Waals surface area (Å²) >= 11 is 0. The summed E-state index contributed by atoms with van der Waals surface area (Å²) in [5, 5.41) is 5.14. The molecule has 0 spiro atoms. The van der Waals surface area contributed by atoms with Gasteiger partial charge < -0.3 is 30.7 Å². The second-order valence-electron chi connectivity index (χ2n) is 9.66. The highest BCUT2D eigenvalue weighted by Gasteiger charge is 2.41. The number of hydrogen-bond donors (Lipinski definition) is 3. The number of carbonyl (C=O) groups is 4. The zero-order chi connectivity index (χ0) is 29.0. The molecule has 2 fully saturated rings. The number of amides is 3. The van der Waals surface area contributed by atoms with E-state index >= 15 is 0 Å². The van der Waals surface area contributed by atoms with Crippen LogP contribution < -0.4 is 16.4 Å². The lowest BCUT2D eigenvalue weighted by molar-refractivity contribution is -0.168. The molecule has 2 aliphatic rings. The Kier molecular flexibility index (Phi) is 8.62. The van der Waals surface area contributed by atoms with E-state index in [1.165, 1.54) is 11.8 Å². The molecule has 40 heavy (non-hydrogen) atoms. The summed E-state index contributed by atoms with van der Waals surface area (Å²) in [4.78, 5) is 52.1. The molecule has 4 atom stereocenters. The van der Waals surface area contributed by atoms with Crippen LogP contribution in [0.5, 0.6) is 0 Å². The Morgan fingerprint density at radius 3 is 2.60 bits per heavy atom. The van der Waals surface area contributed by atoms with E-state index in [1.54, 1.807) is 0 Å². The summed E-state index contributed by atoms with van der Waals surface area (Å²) in [5.74, 6) is -2.51. The molecule has 2 aromatic carbocycles. The van der Waals surface area contributed by atoms with Crippen molar-refractivity contribution in [3.05, 3.63) is 65.2 Å². The van der Waals surface area contributed by atoms with Crippen molar-refractivity contribution < 1.29 is 41.8 Å². The summed E-state index contributed by atoms with van der Waals surface area (Å²) in [7, 11) is 0. The number of nitrogens with zero attached hydrogens (tertiary/aromatic N) is 1. The number of cyclic esters (lactones) is 1. The normalized spacial score (nSPS) is 21.6. The molecule has 3 amide bonds. The zero-order valence-corrected chi connectivity index (χ0v) is 21.6. The van der Waals surface area contributed by atoms with Gasteiger partial charge in [-0.2, -0.15) is 13.2 Å². The summed E-state index contributed by atoms with van der Waals surface area (Å²) in [6, 6.07) is 9.17. The number of nitrogens with two attached hydrogens (primary N) is 1. The molecule has 2 unspecified atom stereocenters. The zero-order valence-electron chi connectivity index (χ0n) is 21.6. The van der Waals surface area contributed by atoms with Crippen molar-refractivity contribution in [2.45, 2.75) is 63.4 Å².